The number of amides is 1. The minimum absolute atomic E-state index is 0.142. The van der Waals surface area contributed by atoms with Crippen molar-refractivity contribution in [3.63, 3.8) is 0 Å². The van der Waals surface area contributed by atoms with Gasteiger partial charge in [0.2, 0.25) is 5.91 Å². The molecule has 0 atom stereocenters. The standard InChI is InChI=1S/C21H17ClN6OS/c1-11-5-6-13(10-24-11)17-14-7-8-15-19(30-21(26-15)25-12(2)29)18(14)28(27-17)16-4-3-9-23-20(16)22/h3-6,9-10H,7-8H2,1-2H3,(H,25,26,29). The zero-order chi connectivity index (χ0) is 20.8. The third-order valence-electron chi connectivity index (χ3n) is 4.94. The highest BCUT2D eigenvalue weighted by Gasteiger charge is 2.30. The molecule has 0 saturated carbocycles. The van der Waals surface area contributed by atoms with Gasteiger partial charge in [-0.25, -0.2) is 14.6 Å². The number of carbonyl (C=O) groups is 1. The van der Waals surface area contributed by atoms with E-state index < -0.39 is 0 Å². The van der Waals surface area contributed by atoms with Crippen molar-refractivity contribution in [1.82, 2.24) is 24.7 Å². The molecule has 0 fully saturated rings. The van der Waals surface area contributed by atoms with Crippen molar-refractivity contribution in [2.75, 3.05) is 5.32 Å². The van der Waals surface area contributed by atoms with E-state index >= 15 is 0 Å². The monoisotopic (exact) mass is 436 g/mol. The normalized spacial score (nSPS) is 12.4. The average Bonchev–Trinajstić information content (AvgIpc) is 3.29. The lowest BCUT2D eigenvalue weighted by atomic mass is 9.95. The van der Waals surface area contributed by atoms with Gasteiger partial charge in [-0.3, -0.25) is 9.78 Å². The van der Waals surface area contributed by atoms with Crippen LogP contribution in [-0.4, -0.2) is 30.6 Å². The molecule has 4 aromatic rings. The molecule has 5 rings (SSSR count). The van der Waals surface area contributed by atoms with Gasteiger partial charge < -0.3 is 5.32 Å². The summed E-state index contributed by atoms with van der Waals surface area (Å²) in [4.78, 5) is 25.8. The molecule has 30 heavy (non-hydrogen) atoms. The smallest absolute Gasteiger partial charge is 0.223 e. The van der Waals surface area contributed by atoms with E-state index in [0.717, 1.165) is 51.6 Å². The first kappa shape index (κ1) is 18.9. The maximum Gasteiger partial charge on any atom is 0.223 e. The van der Waals surface area contributed by atoms with E-state index in [2.05, 4.69) is 20.3 Å². The molecule has 1 amide bonds. The molecule has 150 valence electrons. The van der Waals surface area contributed by atoms with Crippen molar-refractivity contribution in [3.05, 3.63) is 58.8 Å². The Bertz CT molecular complexity index is 1280. The first-order chi connectivity index (χ1) is 14.5. The van der Waals surface area contributed by atoms with Crippen LogP contribution in [0.4, 0.5) is 5.13 Å². The summed E-state index contributed by atoms with van der Waals surface area (Å²) in [7, 11) is 0. The van der Waals surface area contributed by atoms with Gasteiger partial charge in [0.1, 0.15) is 5.69 Å². The predicted molar refractivity (Wildman–Crippen MR) is 117 cm³/mol. The number of hydrogen-bond acceptors (Lipinski definition) is 6. The number of thiazole rings is 1. The molecule has 4 heterocycles. The van der Waals surface area contributed by atoms with Gasteiger partial charge in [0.25, 0.3) is 0 Å². The Morgan fingerprint density at radius 2 is 2.10 bits per heavy atom. The first-order valence-electron chi connectivity index (χ1n) is 9.44. The summed E-state index contributed by atoms with van der Waals surface area (Å²) in [6.45, 7) is 3.44. The highest BCUT2D eigenvalue weighted by Crippen LogP contribution is 2.44. The van der Waals surface area contributed by atoms with Crippen LogP contribution >= 0.6 is 22.9 Å². The summed E-state index contributed by atoms with van der Waals surface area (Å²) in [5, 5.41) is 8.69. The number of fused-ring (bicyclic) bond motifs is 3. The third-order valence-corrected chi connectivity index (χ3v) is 6.25. The Labute approximate surface area is 181 Å². The van der Waals surface area contributed by atoms with E-state index in [1.807, 2.05) is 42.1 Å². The van der Waals surface area contributed by atoms with Crippen molar-refractivity contribution in [2.45, 2.75) is 26.7 Å². The number of nitrogens with one attached hydrogen (secondary N) is 1. The van der Waals surface area contributed by atoms with Gasteiger partial charge in [0.05, 0.1) is 22.0 Å². The number of nitrogens with zero attached hydrogens (tertiary/aromatic N) is 5. The lowest BCUT2D eigenvalue weighted by molar-refractivity contribution is -0.114. The van der Waals surface area contributed by atoms with E-state index in [4.69, 9.17) is 16.7 Å². The summed E-state index contributed by atoms with van der Waals surface area (Å²) < 4.78 is 1.84. The minimum atomic E-state index is -0.142. The predicted octanol–water partition coefficient (Wildman–Crippen LogP) is 4.47. The van der Waals surface area contributed by atoms with Gasteiger partial charge in [-0.2, -0.15) is 5.10 Å². The summed E-state index contributed by atoms with van der Waals surface area (Å²) in [5.41, 5.74) is 6.48. The van der Waals surface area contributed by atoms with Crippen LogP contribution in [0.25, 0.3) is 27.5 Å². The molecule has 1 aliphatic carbocycles. The number of carbonyl (C=O) groups excluding carboxylic acids is 1. The second-order valence-corrected chi connectivity index (χ2v) is 8.42. The summed E-state index contributed by atoms with van der Waals surface area (Å²) in [6.07, 6.45) is 5.06. The van der Waals surface area contributed by atoms with Crippen LogP contribution in [0.1, 0.15) is 23.9 Å². The van der Waals surface area contributed by atoms with Crippen LogP contribution in [0.2, 0.25) is 5.15 Å². The fourth-order valence-corrected chi connectivity index (χ4v) is 4.94. The van der Waals surface area contributed by atoms with Gasteiger partial charge >= 0.3 is 0 Å². The maximum absolute atomic E-state index is 11.5. The van der Waals surface area contributed by atoms with Crippen LogP contribution in [0.15, 0.2) is 36.7 Å². The third kappa shape index (κ3) is 3.18. The average molecular weight is 437 g/mol. The van der Waals surface area contributed by atoms with Crippen molar-refractivity contribution in [1.29, 1.82) is 0 Å². The Morgan fingerprint density at radius 1 is 1.23 bits per heavy atom. The molecular weight excluding hydrogens is 420 g/mol. The van der Waals surface area contributed by atoms with Crippen LogP contribution in [0.3, 0.4) is 0 Å². The Balaban J connectivity index is 1.76. The van der Waals surface area contributed by atoms with E-state index in [1.165, 1.54) is 18.3 Å². The zero-order valence-corrected chi connectivity index (χ0v) is 17.9. The van der Waals surface area contributed by atoms with E-state index in [-0.39, 0.29) is 5.91 Å². The van der Waals surface area contributed by atoms with Gasteiger partial charge in [0, 0.05) is 36.1 Å². The highest BCUT2D eigenvalue weighted by molar-refractivity contribution is 7.19. The second-order valence-electron chi connectivity index (χ2n) is 7.07. The Morgan fingerprint density at radius 3 is 2.83 bits per heavy atom. The molecule has 1 aliphatic rings. The van der Waals surface area contributed by atoms with Crippen molar-refractivity contribution >= 4 is 34.0 Å². The summed E-state index contributed by atoms with van der Waals surface area (Å²) in [5.74, 6) is -0.142. The number of halogens is 1. The molecule has 9 heteroatoms. The van der Waals surface area contributed by atoms with Crippen LogP contribution < -0.4 is 5.32 Å². The molecule has 1 N–H and O–H groups in total. The molecular formula is C21H17ClN6OS. The number of anilines is 1. The van der Waals surface area contributed by atoms with Gasteiger partial charge in [-0.05, 0) is 44.0 Å². The van der Waals surface area contributed by atoms with Gasteiger partial charge in [-0.15, -0.1) is 0 Å². The first-order valence-corrected chi connectivity index (χ1v) is 10.6. The molecule has 7 nitrogen and oxygen atoms in total. The quantitative estimate of drug-likeness (QED) is 0.479. The molecule has 0 aliphatic heterocycles. The zero-order valence-electron chi connectivity index (χ0n) is 16.3. The van der Waals surface area contributed by atoms with Crippen LogP contribution in [-0.2, 0) is 17.6 Å². The molecule has 0 saturated heterocycles. The molecule has 4 aromatic heterocycles. The number of hydrogen-bond donors (Lipinski definition) is 1. The number of rotatable bonds is 3. The molecule has 0 bridgehead atoms. The fourth-order valence-electron chi connectivity index (χ4n) is 3.62. The van der Waals surface area contributed by atoms with Crippen LogP contribution in [0.5, 0.6) is 0 Å². The Hall–Kier alpha value is -3.10. The molecule has 0 radical (unpaired) electrons. The highest BCUT2D eigenvalue weighted by atomic mass is 35.5. The van der Waals surface area contributed by atoms with Crippen molar-refractivity contribution < 1.29 is 4.79 Å². The SMILES string of the molecule is CC(=O)Nc1nc2c(s1)-c1c(c(-c3ccc(C)nc3)nn1-c1cccnc1Cl)CC2. The van der Waals surface area contributed by atoms with Crippen LogP contribution in [0, 0.1) is 6.92 Å². The van der Waals surface area contributed by atoms with Crippen molar-refractivity contribution in [2.24, 2.45) is 0 Å². The molecule has 0 spiro atoms. The number of aryl methyl sites for hydroxylation is 2. The second kappa shape index (κ2) is 7.30. The van der Waals surface area contributed by atoms with Gasteiger partial charge in [0.15, 0.2) is 10.3 Å². The lowest BCUT2D eigenvalue weighted by Gasteiger charge is -2.14. The van der Waals surface area contributed by atoms with Crippen molar-refractivity contribution in [3.8, 4) is 27.5 Å². The minimum Gasteiger partial charge on any atom is -0.302 e. The van der Waals surface area contributed by atoms with E-state index in [0.29, 0.717) is 16.0 Å². The largest absolute Gasteiger partial charge is 0.302 e. The van der Waals surface area contributed by atoms with Gasteiger partial charge in [-0.1, -0.05) is 22.9 Å². The Kier molecular flexibility index (Phi) is 4.60. The number of pyridine rings is 2. The van der Waals surface area contributed by atoms with E-state index in [1.54, 1.807) is 6.20 Å². The summed E-state index contributed by atoms with van der Waals surface area (Å²) >= 11 is 7.87. The summed E-state index contributed by atoms with van der Waals surface area (Å²) in [6, 6.07) is 7.74. The lowest BCUT2D eigenvalue weighted by Crippen LogP contribution is -2.07. The maximum atomic E-state index is 11.5. The molecule has 0 unspecified atom stereocenters. The van der Waals surface area contributed by atoms with E-state index in [9.17, 15) is 4.79 Å². The number of aromatic nitrogens is 5. The fraction of sp³-hybridized carbons (Fsp3) is 0.190. The topological polar surface area (TPSA) is 85.6 Å². The molecule has 0 aromatic carbocycles.